The van der Waals surface area contributed by atoms with Gasteiger partial charge in [-0.1, -0.05) is 55.8 Å². The van der Waals surface area contributed by atoms with E-state index in [2.05, 4.69) is 60.6 Å². The first-order chi connectivity index (χ1) is 16.3. The van der Waals surface area contributed by atoms with E-state index in [0.29, 0.717) is 19.6 Å². The largest absolute Gasteiger partial charge is 0.385 e. The van der Waals surface area contributed by atoms with Crippen molar-refractivity contribution in [2.75, 3.05) is 37.0 Å². The van der Waals surface area contributed by atoms with Crippen LogP contribution in [0.4, 0.5) is 11.4 Å². The average Bonchev–Trinajstić information content (AvgIpc) is 2.91. The number of hydrogen-bond acceptors (Lipinski definition) is 5. The van der Waals surface area contributed by atoms with Gasteiger partial charge in [0.1, 0.15) is 0 Å². The summed E-state index contributed by atoms with van der Waals surface area (Å²) in [5.74, 6) is 0.0679. The van der Waals surface area contributed by atoms with E-state index >= 15 is 0 Å². The van der Waals surface area contributed by atoms with E-state index in [-0.39, 0.29) is 29.7 Å². The van der Waals surface area contributed by atoms with E-state index < -0.39 is 0 Å². The number of rotatable bonds is 7. The van der Waals surface area contributed by atoms with Gasteiger partial charge < -0.3 is 20.3 Å². The molecule has 0 bridgehead atoms. The molecule has 0 spiro atoms. The number of aryl methyl sites for hydroxylation is 1. The monoisotopic (exact) mass is 461 g/mol. The first-order valence-corrected chi connectivity index (χ1v) is 12.0. The number of hydrogen-bond donors (Lipinski definition) is 2. The van der Waals surface area contributed by atoms with Gasteiger partial charge in [0.05, 0.1) is 24.0 Å². The second-order valence-corrected chi connectivity index (χ2v) is 10.1. The maximum atomic E-state index is 13.6. The summed E-state index contributed by atoms with van der Waals surface area (Å²) >= 11 is 0. The molecular formula is C28H35N3O3. The molecule has 6 heteroatoms. The Bertz CT molecular complexity index is 1090. The highest BCUT2D eigenvalue weighted by molar-refractivity contribution is 6.01. The van der Waals surface area contributed by atoms with Crippen LogP contribution in [0.1, 0.15) is 50.3 Å². The summed E-state index contributed by atoms with van der Waals surface area (Å²) < 4.78 is 5.10. The molecule has 1 heterocycles. The predicted octanol–water partition coefficient (Wildman–Crippen LogP) is 4.76. The highest BCUT2D eigenvalue weighted by Gasteiger charge is 2.41. The number of allylic oxidation sites excluding steroid dienone is 1. The molecule has 1 unspecified atom stereocenters. The zero-order valence-electron chi connectivity index (χ0n) is 20.6. The van der Waals surface area contributed by atoms with Gasteiger partial charge in [0, 0.05) is 38.0 Å². The van der Waals surface area contributed by atoms with Crippen LogP contribution < -0.4 is 15.5 Å². The van der Waals surface area contributed by atoms with Crippen molar-refractivity contribution in [2.45, 2.75) is 46.1 Å². The first kappa shape index (κ1) is 24.0. The number of carbonyl (C=O) groups is 2. The molecule has 0 fully saturated rings. The van der Waals surface area contributed by atoms with Crippen LogP contribution in [-0.2, 0) is 14.3 Å². The number of benzene rings is 2. The third-order valence-electron chi connectivity index (χ3n) is 6.56. The Morgan fingerprint density at radius 1 is 1.15 bits per heavy atom. The van der Waals surface area contributed by atoms with Crippen molar-refractivity contribution in [3.63, 3.8) is 0 Å². The molecule has 0 saturated carbocycles. The summed E-state index contributed by atoms with van der Waals surface area (Å²) in [6.45, 7) is 7.63. The van der Waals surface area contributed by atoms with Gasteiger partial charge in [-0.25, -0.2) is 0 Å². The fourth-order valence-electron chi connectivity index (χ4n) is 4.98. The Morgan fingerprint density at radius 3 is 2.62 bits per heavy atom. The van der Waals surface area contributed by atoms with Crippen molar-refractivity contribution < 1.29 is 14.3 Å². The molecule has 180 valence electrons. The minimum atomic E-state index is -0.347. The lowest BCUT2D eigenvalue weighted by Gasteiger charge is -2.38. The van der Waals surface area contributed by atoms with E-state index in [9.17, 15) is 9.59 Å². The third-order valence-corrected chi connectivity index (χ3v) is 6.56. The van der Waals surface area contributed by atoms with E-state index in [1.54, 1.807) is 7.11 Å². The normalized spacial score (nSPS) is 19.1. The number of nitrogens with zero attached hydrogens (tertiary/aromatic N) is 1. The van der Waals surface area contributed by atoms with E-state index in [1.807, 2.05) is 24.3 Å². The summed E-state index contributed by atoms with van der Waals surface area (Å²) in [4.78, 5) is 28.8. The number of ketones is 1. The van der Waals surface area contributed by atoms with Crippen LogP contribution in [0.25, 0.3) is 0 Å². The minimum absolute atomic E-state index is 0.0735. The molecule has 2 aromatic rings. The quantitative estimate of drug-likeness (QED) is 0.582. The lowest BCUT2D eigenvalue weighted by Crippen LogP contribution is -2.42. The zero-order chi connectivity index (χ0) is 24.3. The van der Waals surface area contributed by atoms with Crippen LogP contribution in [0, 0.1) is 12.3 Å². The topological polar surface area (TPSA) is 70.7 Å². The number of ether oxygens (including phenoxy) is 1. The number of methoxy groups -OCH3 is 1. The van der Waals surface area contributed by atoms with Crippen molar-refractivity contribution in [2.24, 2.45) is 5.41 Å². The molecule has 2 aliphatic rings. The van der Waals surface area contributed by atoms with E-state index in [0.717, 1.165) is 46.6 Å². The molecule has 0 saturated heterocycles. The number of nitrogens with one attached hydrogen (secondary N) is 2. The van der Waals surface area contributed by atoms with Crippen molar-refractivity contribution in [1.29, 1.82) is 0 Å². The second-order valence-electron chi connectivity index (χ2n) is 10.1. The Morgan fingerprint density at radius 2 is 1.88 bits per heavy atom. The molecule has 1 atom stereocenters. The van der Waals surface area contributed by atoms with Crippen LogP contribution in [0.5, 0.6) is 0 Å². The summed E-state index contributed by atoms with van der Waals surface area (Å²) in [5, 5.41) is 6.60. The number of carbonyl (C=O) groups excluding carboxylic acids is 2. The average molecular weight is 462 g/mol. The Kier molecular flexibility index (Phi) is 7.08. The number of anilines is 2. The number of amides is 1. The van der Waals surface area contributed by atoms with Crippen molar-refractivity contribution >= 4 is 23.1 Å². The maximum Gasteiger partial charge on any atom is 0.239 e. The van der Waals surface area contributed by atoms with Crippen molar-refractivity contribution in [3.8, 4) is 0 Å². The summed E-state index contributed by atoms with van der Waals surface area (Å²) in [6, 6.07) is 16.0. The van der Waals surface area contributed by atoms with Crippen LogP contribution in [-0.4, -0.2) is 38.5 Å². The molecule has 34 heavy (non-hydrogen) atoms. The van der Waals surface area contributed by atoms with Crippen LogP contribution in [0.2, 0.25) is 0 Å². The molecule has 6 nitrogen and oxygen atoms in total. The molecule has 0 radical (unpaired) electrons. The molecule has 0 aromatic heterocycles. The molecule has 1 aliphatic heterocycles. The van der Waals surface area contributed by atoms with Crippen LogP contribution in [0.3, 0.4) is 0 Å². The van der Waals surface area contributed by atoms with E-state index in [4.69, 9.17) is 4.74 Å². The minimum Gasteiger partial charge on any atom is -0.385 e. The number of fused-ring (bicyclic) bond motifs is 1. The summed E-state index contributed by atoms with van der Waals surface area (Å²) in [7, 11) is 1.66. The highest BCUT2D eigenvalue weighted by Crippen LogP contribution is 2.48. The highest BCUT2D eigenvalue weighted by atomic mass is 16.5. The van der Waals surface area contributed by atoms with Gasteiger partial charge in [0.2, 0.25) is 5.91 Å². The third kappa shape index (κ3) is 5.17. The van der Waals surface area contributed by atoms with Gasteiger partial charge in [-0.05, 0) is 42.9 Å². The number of para-hydroxylation sites is 2. The smallest absolute Gasteiger partial charge is 0.239 e. The standard InChI is InChI=1S/C28H35N3O3/c1-19-10-12-20(13-11-19)27-26-22(16-28(2,3)17-24(26)32)30-21-8-5-6-9-23(21)31(27)18-25(33)29-14-7-15-34-4/h5-6,8-13,27,30H,7,14-18H2,1-4H3,(H,29,33). The lowest BCUT2D eigenvalue weighted by atomic mass is 9.73. The van der Waals surface area contributed by atoms with Gasteiger partial charge in [0.25, 0.3) is 0 Å². The number of Topliss-reactive ketones (excluding diaryl/α,β-unsaturated/α-hetero) is 1. The predicted molar refractivity (Wildman–Crippen MR) is 136 cm³/mol. The molecule has 2 aromatic carbocycles. The van der Waals surface area contributed by atoms with Crippen LogP contribution in [0.15, 0.2) is 59.8 Å². The molecule has 1 amide bonds. The second kappa shape index (κ2) is 10.0. The molecule has 2 N–H and O–H groups in total. The maximum absolute atomic E-state index is 13.6. The van der Waals surface area contributed by atoms with Gasteiger partial charge in [0.15, 0.2) is 5.78 Å². The lowest BCUT2D eigenvalue weighted by molar-refractivity contribution is -0.120. The Balaban J connectivity index is 1.80. The summed E-state index contributed by atoms with van der Waals surface area (Å²) in [5.41, 5.74) is 5.61. The summed E-state index contributed by atoms with van der Waals surface area (Å²) in [6.07, 6.45) is 2.02. The van der Waals surface area contributed by atoms with Gasteiger partial charge in [-0.3, -0.25) is 9.59 Å². The molecule has 1 aliphatic carbocycles. The Hall–Kier alpha value is -3.12. The van der Waals surface area contributed by atoms with Crippen LogP contribution >= 0.6 is 0 Å². The SMILES string of the molecule is COCCCNC(=O)CN1c2ccccc2NC2=C(C(=O)CC(C)(C)C2)C1c1ccc(C)cc1. The fraction of sp³-hybridized carbons (Fsp3) is 0.429. The first-order valence-electron chi connectivity index (χ1n) is 12.0. The van der Waals surface area contributed by atoms with Crippen molar-refractivity contribution in [1.82, 2.24) is 5.32 Å². The molecular weight excluding hydrogens is 426 g/mol. The Labute approximate surface area is 202 Å². The van der Waals surface area contributed by atoms with Gasteiger partial charge in [-0.15, -0.1) is 0 Å². The van der Waals surface area contributed by atoms with Crippen molar-refractivity contribution in [3.05, 3.63) is 70.9 Å². The van der Waals surface area contributed by atoms with E-state index in [1.165, 1.54) is 0 Å². The van der Waals surface area contributed by atoms with Gasteiger partial charge in [-0.2, -0.15) is 0 Å². The fourth-order valence-corrected chi connectivity index (χ4v) is 4.98. The zero-order valence-corrected chi connectivity index (χ0v) is 20.6. The molecule has 4 rings (SSSR count). The van der Waals surface area contributed by atoms with Gasteiger partial charge >= 0.3 is 0 Å².